The normalized spacial score (nSPS) is 17.8. The molecule has 1 fully saturated rings. The number of nitrogens with zero attached hydrogens (tertiary/aromatic N) is 3. The highest BCUT2D eigenvalue weighted by molar-refractivity contribution is 6.18. The van der Waals surface area contributed by atoms with Crippen molar-refractivity contribution in [2.45, 2.75) is 44.7 Å². The molecule has 96 valence electrons. The lowest BCUT2D eigenvalue weighted by Gasteiger charge is -2.33. The van der Waals surface area contributed by atoms with Gasteiger partial charge in [-0.3, -0.25) is 9.58 Å². The maximum absolute atomic E-state index is 5.92. The summed E-state index contributed by atoms with van der Waals surface area (Å²) in [6.45, 7) is 1.98. The van der Waals surface area contributed by atoms with Gasteiger partial charge < -0.3 is 0 Å². The second kappa shape index (κ2) is 6.41. The van der Waals surface area contributed by atoms with Crippen LogP contribution in [0.25, 0.3) is 0 Å². The zero-order valence-electron chi connectivity index (χ0n) is 10.6. The Bertz CT molecular complexity index is 331. The van der Waals surface area contributed by atoms with E-state index in [2.05, 4.69) is 16.2 Å². The maximum atomic E-state index is 5.92. The minimum Gasteiger partial charge on any atom is -0.295 e. The van der Waals surface area contributed by atoms with Crippen LogP contribution in [0.2, 0.25) is 0 Å². The predicted molar refractivity (Wildman–Crippen MR) is 71.2 cm³/mol. The number of rotatable bonds is 5. The van der Waals surface area contributed by atoms with E-state index < -0.39 is 0 Å². The molecule has 3 nitrogen and oxygen atoms in total. The van der Waals surface area contributed by atoms with Crippen molar-refractivity contribution >= 4 is 11.6 Å². The van der Waals surface area contributed by atoms with Gasteiger partial charge in [-0.05, 0) is 12.8 Å². The van der Waals surface area contributed by atoms with Crippen LogP contribution in [0.3, 0.4) is 0 Å². The van der Waals surface area contributed by atoms with Crippen molar-refractivity contribution in [3.8, 4) is 0 Å². The van der Waals surface area contributed by atoms with E-state index in [1.54, 1.807) is 0 Å². The van der Waals surface area contributed by atoms with Crippen molar-refractivity contribution in [2.75, 3.05) is 12.4 Å². The Morgan fingerprint density at radius 3 is 2.76 bits per heavy atom. The lowest BCUT2D eigenvalue weighted by Crippen LogP contribution is -2.37. The fourth-order valence-electron chi connectivity index (χ4n) is 2.73. The van der Waals surface area contributed by atoms with Crippen molar-refractivity contribution in [1.82, 2.24) is 14.7 Å². The van der Waals surface area contributed by atoms with Gasteiger partial charge in [0.1, 0.15) is 0 Å². The number of hydrogen-bond donors (Lipinski definition) is 0. The third-order valence-electron chi connectivity index (χ3n) is 3.61. The van der Waals surface area contributed by atoms with E-state index in [1.165, 1.54) is 37.7 Å². The van der Waals surface area contributed by atoms with E-state index in [0.717, 1.165) is 25.0 Å². The molecular formula is C13H22ClN3. The minimum atomic E-state index is 0.719. The van der Waals surface area contributed by atoms with Gasteiger partial charge in [0.15, 0.2) is 0 Å². The molecule has 1 aromatic rings. The molecule has 0 aliphatic heterocycles. The Kier molecular flexibility index (Phi) is 4.86. The van der Waals surface area contributed by atoms with Crippen LogP contribution in [0.4, 0.5) is 0 Å². The van der Waals surface area contributed by atoms with Gasteiger partial charge in [0.05, 0.1) is 6.20 Å². The SMILES string of the molecule is Cn1cc(CN(CCCl)C2CCCCC2)cn1. The van der Waals surface area contributed by atoms with Crippen molar-refractivity contribution in [3.63, 3.8) is 0 Å². The smallest absolute Gasteiger partial charge is 0.0534 e. The van der Waals surface area contributed by atoms with Gasteiger partial charge >= 0.3 is 0 Å². The Balaban J connectivity index is 1.95. The summed E-state index contributed by atoms with van der Waals surface area (Å²) in [7, 11) is 1.97. The van der Waals surface area contributed by atoms with E-state index in [4.69, 9.17) is 11.6 Å². The number of aromatic nitrogens is 2. The average molecular weight is 256 g/mol. The Morgan fingerprint density at radius 2 is 2.18 bits per heavy atom. The summed E-state index contributed by atoms with van der Waals surface area (Å²) in [5.74, 6) is 0.719. The quantitative estimate of drug-likeness (QED) is 0.755. The Morgan fingerprint density at radius 1 is 1.41 bits per heavy atom. The summed E-state index contributed by atoms with van der Waals surface area (Å²) < 4.78 is 1.87. The molecule has 0 amide bonds. The minimum absolute atomic E-state index is 0.719. The molecule has 1 aliphatic rings. The average Bonchev–Trinajstić information content (AvgIpc) is 2.75. The molecule has 1 heterocycles. The monoisotopic (exact) mass is 255 g/mol. The first-order valence-electron chi connectivity index (χ1n) is 6.57. The largest absolute Gasteiger partial charge is 0.295 e. The second-order valence-electron chi connectivity index (χ2n) is 4.97. The molecule has 1 aliphatic carbocycles. The highest BCUT2D eigenvalue weighted by Crippen LogP contribution is 2.23. The summed E-state index contributed by atoms with van der Waals surface area (Å²) in [6, 6.07) is 0.725. The van der Waals surface area contributed by atoms with E-state index in [0.29, 0.717) is 0 Å². The molecule has 1 saturated carbocycles. The van der Waals surface area contributed by atoms with Crippen LogP contribution in [-0.4, -0.2) is 33.1 Å². The highest BCUT2D eigenvalue weighted by Gasteiger charge is 2.20. The molecule has 0 saturated heterocycles. The Labute approximate surface area is 109 Å². The molecule has 0 atom stereocenters. The van der Waals surface area contributed by atoms with E-state index in [-0.39, 0.29) is 0 Å². The predicted octanol–water partition coefficient (Wildman–Crippen LogP) is 2.79. The molecule has 2 rings (SSSR count). The molecule has 0 bridgehead atoms. The topological polar surface area (TPSA) is 21.1 Å². The van der Waals surface area contributed by atoms with Crippen molar-refractivity contribution in [2.24, 2.45) is 7.05 Å². The standard InChI is InChI=1S/C13H22ClN3/c1-16-10-12(9-15-16)11-17(8-7-14)13-5-3-2-4-6-13/h9-10,13H,2-8,11H2,1H3. The number of halogens is 1. The van der Waals surface area contributed by atoms with Crippen LogP contribution >= 0.6 is 11.6 Å². The molecule has 1 aromatic heterocycles. The van der Waals surface area contributed by atoms with Crippen LogP contribution in [0.5, 0.6) is 0 Å². The highest BCUT2D eigenvalue weighted by atomic mass is 35.5. The molecule has 0 spiro atoms. The Hall–Kier alpha value is -0.540. The van der Waals surface area contributed by atoms with Gasteiger partial charge in [-0.15, -0.1) is 11.6 Å². The molecule has 0 aromatic carbocycles. The third kappa shape index (κ3) is 3.71. The van der Waals surface area contributed by atoms with Crippen LogP contribution in [0.1, 0.15) is 37.7 Å². The summed E-state index contributed by atoms with van der Waals surface area (Å²) in [6.07, 6.45) is 10.9. The second-order valence-corrected chi connectivity index (χ2v) is 5.35. The summed E-state index contributed by atoms with van der Waals surface area (Å²) in [5.41, 5.74) is 1.29. The van der Waals surface area contributed by atoms with Gasteiger partial charge in [0.2, 0.25) is 0 Å². The molecule has 4 heteroatoms. The first-order chi connectivity index (χ1) is 8.29. The van der Waals surface area contributed by atoms with Crippen LogP contribution in [-0.2, 0) is 13.6 Å². The summed E-state index contributed by atoms with van der Waals surface area (Å²) in [5, 5.41) is 4.23. The first kappa shape index (κ1) is 12.9. The van der Waals surface area contributed by atoms with E-state index in [1.807, 2.05) is 17.9 Å². The molecule has 0 N–H and O–H groups in total. The van der Waals surface area contributed by atoms with Crippen LogP contribution in [0, 0.1) is 0 Å². The first-order valence-corrected chi connectivity index (χ1v) is 7.10. The lowest BCUT2D eigenvalue weighted by molar-refractivity contribution is 0.157. The molecule has 17 heavy (non-hydrogen) atoms. The summed E-state index contributed by atoms with van der Waals surface area (Å²) >= 11 is 5.92. The van der Waals surface area contributed by atoms with Crippen molar-refractivity contribution in [3.05, 3.63) is 18.0 Å². The lowest BCUT2D eigenvalue weighted by atomic mass is 9.94. The summed E-state index contributed by atoms with van der Waals surface area (Å²) in [4.78, 5) is 2.53. The molecular weight excluding hydrogens is 234 g/mol. The fourth-order valence-corrected chi connectivity index (χ4v) is 2.95. The fraction of sp³-hybridized carbons (Fsp3) is 0.769. The number of aryl methyl sites for hydroxylation is 1. The molecule has 0 radical (unpaired) electrons. The van der Waals surface area contributed by atoms with Gasteiger partial charge in [-0.25, -0.2) is 0 Å². The van der Waals surface area contributed by atoms with Crippen molar-refractivity contribution in [1.29, 1.82) is 0 Å². The van der Waals surface area contributed by atoms with E-state index in [9.17, 15) is 0 Å². The van der Waals surface area contributed by atoms with Gasteiger partial charge in [0.25, 0.3) is 0 Å². The van der Waals surface area contributed by atoms with E-state index >= 15 is 0 Å². The third-order valence-corrected chi connectivity index (χ3v) is 3.78. The number of alkyl halides is 1. The molecule has 0 unspecified atom stereocenters. The zero-order chi connectivity index (χ0) is 12.1. The van der Waals surface area contributed by atoms with Gasteiger partial charge in [0, 0.05) is 43.8 Å². The van der Waals surface area contributed by atoms with Gasteiger partial charge in [-0.2, -0.15) is 5.10 Å². The van der Waals surface area contributed by atoms with Crippen LogP contribution < -0.4 is 0 Å². The van der Waals surface area contributed by atoms with Crippen LogP contribution in [0.15, 0.2) is 12.4 Å². The van der Waals surface area contributed by atoms with Crippen molar-refractivity contribution < 1.29 is 0 Å². The van der Waals surface area contributed by atoms with Gasteiger partial charge in [-0.1, -0.05) is 19.3 Å². The number of hydrogen-bond acceptors (Lipinski definition) is 2. The zero-order valence-corrected chi connectivity index (χ0v) is 11.4. The maximum Gasteiger partial charge on any atom is 0.0534 e.